The fourth-order valence-electron chi connectivity index (χ4n) is 3.25. The molecule has 4 rings (SSSR count). The van der Waals surface area contributed by atoms with E-state index in [9.17, 15) is 23.2 Å². The highest BCUT2D eigenvalue weighted by atomic mass is 19.3. The molecule has 2 heterocycles. The van der Waals surface area contributed by atoms with Gasteiger partial charge in [-0.1, -0.05) is 0 Å². The number of urea groups is 1. The van der Waals surface area contributed by atoms with Crippen LogP contribution < -0.4 is 31.2 Å². The number of nitrogens with two attached hydrogens (primary N) is 1. The van der Waals surface area contributed by atoms with Crippen LogP contribution in [0, 0.1) is 5.92 Å². The van der Waals surface area contributed by atoms with E-state index < -0.39 is 36.5 Å². The summed E-state index contributed by atoms with van der Waals surface area (Å²) < 4.78 is 41.5. The molecule has 0 radical (unpaired) electrons. The zero-order valence-electron chi connectivity index (χ0n) is 18.1. The molecule has 13 heteroatoms. The SMILES string of the molecule is C[C@H](N)c1oc(-c2ccc(OC(F)F)c(OCC3CC3)c2)nc1C(=O)NCC1NC(=O)NC1=O. The Balaban J connectivity index is 1.56. The second-order valence-electron chi connectivity index (χ2n) is 8.04. The fourth-order valence-corrected chi connectivity index (χ4v) is 3.25. The summed E-state index contributed by atoms with van der Waals surface area (Å²) in [6, 6.07) is 1.91. The summed E-state index contributed by atoms with van der Waals surface area (Å²) in [4.78, 5) is 39.8. The number of carbonyl (C=O) groups is 3. The number of imide groups is 1. The largest absolute Gasteiger partial charge is 0.489 e. The Kier molecular flexibility index (Phi) is 6.63. The molecular weight excluding hydrogens is 456 g/mol. The van der Waals surface area contributed by atoms with Crippen molar-refractivity contribution in [3.8, 4) is 23.0 Å². The molecule has 5 N–H and O–H groups in total. The van der Waals surface area contributed by atoms with Crippen molar-refractivity contribution in [1.82, 2.24) is 20.9 Å². The monoisotopic (exact) mass is 479 g/mol. The van der Waals surface area contributed by atoms with Gasteiger partial charge in [0.2, 0.25) is 5.89 Å². The van der Waals surface area contributed by atoms with Gasteiger partial charge in [-0.15, -0.1) is 0 Å². The van der Waals surface area contributed by atoms with Gasteiger partial charge in [-0.3, -0.25) is 14.9 Å². The predicted octanol–water partition coefficient (Wildman–Crippen LogP) is 1.69. The molecule has 2 aromatic rings. The molecule has 1 saturated carbocycles. The van der Waals surface area contributed by atoms with E-state index in [4.69, 9.17) is 14.9 Å². The summed E-state index contributed by atoms with van der Waals surface area (Å²) >= 11 is 0. The molecule has 0 spiro atoms. The summed E-state index contributed by atoms with van der Waals surface area (Å²) in [6.07, 6.45) is 2.01. The van der Waals surface area contributed by atoms with Gasteiger partial charge in [0.25, 0.3) is 11.8 Å². The summed E-state index contributed by atoms with van der Waals surface area (Å²) in [6.45, 7) is -1.24. The van der Waals surface area contributed by atoms with Gasteiger partial charge in [0.05, 0.1) is 12.6 Å². The predicted molar refractivity (Wildman–Crippen MR) is 112 cm³/mol. The van der Waals surface area contributed by atoms with Crippen LogP contribution in [0.5, 0.6) is 11.5 Å². The molecule has 1 saturated heterocycles. The number of oxazole rings is 1. The van der Waals surface area contributed by atoms with E-state index in [1.165, 1.54) is 18.2 Å². The molecule has 2 fully saturated rings. The number of halogens is 2. The third-order valence-electron chi connectivity index (χ3n) is 5.19. The number of ether oxygens (including phenoxy) is 2. The molecule has 182 valence electrons. The number of nitrogens with zero attached hydrogens (tertiary/aromatic N) is 1. The molecule has 2 atom stereocenters. The van der Waals surface area contributed by atoms with Gasteiger partial charge in [-0.05, 0) is 43.9 Å². The number of aromatic nitrogens is 1. The topological polar surface area (TPSA) is 158 Å². The van der Waals surface area contributed by atoms with E-state index in [0.29, 0.717) is 18.1 Å². The number of amides is 4. The zero-order valence-corrected chi connectivity index (χ0v) is 18.1. The van der Waals surface area contributed by atoms with E-state index in [1.54, 1.807) is 6.92 Å². The Labute approximate surface area is 192 Å². The highest BCUT2D eigenvalue weighted by Gasteiger charge is 2.31. The van der Waals surface area contributed by atoms with Crippen molar-refractivity contribution in [2.75, 3.05) is 13.2 Å². The molecule has 1 aromatic heterocycles. The van der Waals surface area contributed by atoms with Gasteiger partial charge in [-0.25, -0.2) is 9.78 Å². The van der Waals surface area contributed by atoms with Crippen LogP contribution in [0.15, 0.2) is 22.6 Å². The molecule has 1 aliphatic carbocycles. The van der Waals surface area contributed by atoms with Crippen LogP contribution in [0.4, 0.5) is 13.6 Å². The third kappa shape index (κ3) is 5.42. The molecule has 11 nitrogen and oxygen atoms in total. The number of rotatable bonds is 10. The summed E-state index contributed by atoms with van der Waals surface area (Å²) in [5.41, 5.74) is 6.19. The zero-order chi connectivity index (χ0) is 24.4. The standard InChI is InChI=1S/C21H23F2N5O6/c1-9(24)16-15(18(30)25-7-12-17(29)28-21(31)26-12)27-19(34-16)11-4-5-13(33-20(22)23)14(6-11)32-8-10-2-3-10/h4-6,9-10,12,20H,2-3,7-8,24H2,1H3,(H,25,30)(H2,26,28,29,31)/t9-,12?/m0/s1. The number of carbonyl (C=O) groups excluding carboxylic acids is 3. The minimum atomic E-state index is -3.03. The lowest BCUT2D eigenvalue weighted by molar-refractivity contribution is -0.120. The van der Waals surface area contributed by atoms with Crippen molar-refractivity contribution in [3.63, 3.8) is 0 Å². The first kappa shape index (κ1) is 23.4. The molecule has 1 unspecified atom stereocenters. The first-order valence-electron chi connectivity index (χ1n) is 10.6. The molecule has 1 aromatic carbocycles. The fraction of sp³-hybridized carbons (Fsp3) is 0.429. The lowest BCUT2D eigenvalue weighted by Gasteiger charge is -2.12. The van der Waals surface area contributed by atoms with Crippen LogP contribution in [-0.4, -0.2) is 48.6 Å². The van der Waals surface area contributed by atoms with Crippen molar-refractivity contribution in [3.05, 3.63) is 29.7 Å². The maximum Gasteiger partial charge on any atom is 0.387 e. The Morgan fingerprint density at radius 1 is 1.32 bits per heavy atom. The van der Waals surface area contributed by atoms with Crippen LogP contribution >= 0.6 is 0 Å². The Morgan fingerprint density at radius 3 is 2.71 bits per heavy atom. The molecule has 34 heavy (non-hydrogen) atoms. The highest BCUT2D eigenvalue weighted by Crippen LogP contribution is 2.37. The van der Waals surface area contributed by atoms with Crippen LogP contribution in [-0.2, 0) is 4.79 Å². The highest BCUT2D eigenvalue weighted by molar-refractivity contribution is 6.04. The van der Waals surface area contributed by atoms with Crippen LogP contribution in [0.3, 0.4) is 0 Å². The number of alkyl halides is 2. The smallest absolute Gasteiger partial charge is 0.387 e. The van der Waals surface area contributed by atoms with Crippen molar-refractivity contribution in [1.29, 1.82) is 0 Å². The van der Waals surface area contributed by atoms with Crippen molar-refractivity contribution in [2.24, 2.45) is 11.7 Å². The van der Waals surface area contributed by atoms with Crippen molar-refractivity contribution >= 4 is 17.8 Å². The van der Waals surface area contributed by atoms with Gasteiger partial charge in [0, 0.05) is 12.1 Å². The first-order chi connectivity index (χ1) is 16.2. The van der Waals surface area contributed by atoms with Gasteiger partial charge in [0.15, 0.2) is 23.0 Å². The number of benzene rings is 1. The van der Waals surface area contributed by atoms with Crippen LogP contribution in [0.25, 0.3) is 11.5 Å². The van der Waals surface area contributed by atoms with Crippen LogP contribution in [0.1, 0.15) is 42.1 Å². The van der Waals surface area contributed by atoms with Crippen LogP contribution in [0.2, 0.25) is 0 Å². The lowest BCUT2D eigenvalue weighted by Crippen LogP contribution is -2.42. The minimum Gasteiger partial charge on any atom is -0.489 e. The first-order valence-corrected chi connectivity index (χ1v) is 10.6. The van der Waals surface area contributed by atoms with E-state index in [0.717, 1.165) is 12.8 Å². The lowest BCUT2D eigenvalue weighted by atomic mass is 10.2. The average Bonchev–Trinajstić information content (AvgIpc) is 3.39. The summed E-state index contributed by atoms with van der Waals surface area (Å²) in [5, 5.41) is 6.94. The third-order valence-corrected chi connectivity index (χ3v) is 5.19. The van der Waals surface area contributed by atoms with Gasteiger partial charge < -0.3 is 30.3 Å². The number of nitrogens with one attached hydrogen (secondary N) is 3. The number of hydrogen-bond acceptors (Lipinski definition) is 8. The quantitative estimate of drug-likeness (QED) is 0.375. The van der Waals surface area contributed by atoms with E-state index >= 15 is 0 Å². The van der Waals surface area contributed by atoms with Crippen molar-refractivity contribution in [2.45, 2.75) is 38.5 Å². The minimum absolute atomic E-state index is 0.0178. The van der Waals surface area contributed by atoms with Gasteiger partial charge in [-0.2, -0.15) is 8.78 Å². The number of hydrogen-bond donors (Lipinski definition) is 4. The molecule has 2 aliphatic rings. The molecule has 4 amide bonds. The maximum atomic E-state index is 12.8. The van der Waals surface area contributed by atoms with Crippen molar-refractivity contribution < 1.29 is 37.1 Å². The normalized spacial score (nSPS) is 18.4. The second-order valence-corrected chi connectivity index (χ2v) is 8.04. The molecular formula is C21H23F2N5O6. The molecule has 0 bridgehead atoms. The second kappa shape index (κ2) is 9.63. The Bertz CT molecular complexity index is 1100. The maximum absolute atomic E-state index is 12.8. The van der Waals surface area contributed by atoms with Gasteiger partial charge in [0.1, 0.15) is 6.04 Å². The van der Waals surface area contributed by atoms with E-state index in [2.05, 4.69) is 25.7 Å². The Hall–Kier alpha value is -3.74. The molecule has 1 aliphatic heterocycles. The Morgan fingerprint density at radius 2 is 2.09 bits per heavy atom. The van der Waals surface area contributed by atoms with E-state index in [1.807, 2.05) is 0 Å². The van der Waals surface area contributed by atoms with Gasteiger partial charge >= 0.3 is 12.6 Å². The summed E-state index contributed by atoms with van der Waals surface area (Å²) in [7, 11) is 0. The van der Waals surface area contributed by atoms with E-state index in [-0.39, 0.29) is 35.4 Å². The average molecular weight is 479 g/mol. The summed E-state index contributed by atoms with van der Waals surface area (Å²) in [5.74, 6) is -0.795.